The number of methoxy groups -OCH3 is 4. The van der Waals surface area contributed by atoms with Crippen molar-refractivity contribution in [3.8, 4) is 23.0 Å². The highest BCUT2D eigenvalue weighted by atomic mass is 16.5. The molecular weight excluding hydrogens is 436 g/mol. The number of ether oxygens (including phenoxy) is 4. The Kier molecular flexibility index (Phi) is 9.01. The highest BCUT2D eigenvalue weighted by Gasteiger charge is 2.25. The molecule has 1 fully saturated rings. The van der Waals surface area contributed by atoms with Crippen LogP contribution in [-0.4, -0.2) is 53.3 Å². The first-order valence-corrected chi connectivity index (χ1v) is 11.5. The lowest BCUT2D eigenvalue weighted by molar-refractivity contribution is 0.0932. The Morgan fingerprint density at radius 1 is 0.735 bits per heavy atom. The molecule has 0 spiro atoms. The van der Waals surface area contributed by atoms with Gasteiger partial charge in [-0.15, -0.1) is 0 Å². The molecule has 2 unspecified atom stereocenters. The van der Waals surface area contributed by atoms with E-state index in [1.54, 1.807) is 50.6 Å². The first kappa shape index (κ1) is 25.2. The first-order valence-electron chi connectivity index (χ1n) is 11.5. The number of rotatable bonds is 10. The Labute approximate surface area is 200 Å². The smallest absolute Gasteiger partial charge is 0.255 e. The van der Waals surface area contributed by atoms with Gasteiger partial charge in [0, 0.05) is 13.1 Å². The van der Waals surface area contributed by atoms with Crippen LogP contribution in [0.15, 0.2) is 36.4 Å². The second-order valence-corrected chi connectivity index (χ2v) is 8.40. The zero-order valence-electron chi connectivity index (χ0n) is 20.3. The topological polar surface area (TPSA) is 95.1 Å². The molecule has 0 saturated heterocycles. The Hall–Kier alpha value is -3.42. The summed E-state index contributed by atoms with van der Waals surface area (Å²) >= 11 is 0. The SMILES string of the molecule is COc1cccc(C(=O)NCC2CCCC(CNC(=O)c3cccc(OC)c3OC)C2)c1OC. The van der Waals surface area contributed by atoms with Crippen LogP contribution in [-0.2, 0) is 0 Å². The normalized spacial score (nSPS) is 17.4. The average Bonchev–Trinajstić information content (AvgIpc) is 2.89. The van der Waals surface area contributed by atoms with Gasteiger partial charge in [0.25, 0.3) is 11.8 Å². The van der Waals surface area contributed by atoms with E-state index in [2.05, 4.69) is 10.6 Å². The molecule has 0 bridgehead atoms. The summed E-state index contributed by atoms with van der Waals surface area (Å²) in [7, 11) is 6.14. The fraction of sp³-hybridized carbons (Fsp3) is 0.462. The molecule has 1 aliphatic rings. The number of carbonyl (C=O) groups excluding carboxylic acids is 2. The second kappa shape index (κ2) is 12.2. The molecular formula is C26H34N2O6. The molecule has 2 amide bonds. The van der Waals surface area contributed by atoms with Crippen LogP contribution < -0.4 is 29.6 Å². The molecule has 0 aliphatic heterocycles. The maximum absolute atomic E-state index is 12.8. The van der Waals surface area contributed by atoms with Crippen LogP contribution in [0.3, 0.4) is 0 Å². The molecule has 1 aliphatic carbocycles. The summed E-state index contributed by atoms with van der Waals surface area (Å²) in [6.45, 7) is 1.15. The highest BCUT2D eigenvalue weighted by Crippen LogP contribution is 2.32. The summed E-state index contributed by atoms with van der Waals surface area (Å²) in [5.41, 5.74) is 0.905. The van der Waals surface area contributed by atoms with E-state index < -0.39 is 0 Å². The van der Waals surface area contributed by atoms with Crippen molar-refractivity contribution in [2.75, 3.05) is 41.5 Å². The summed E-state index contributed by atoms with van der Waals surface area (Å²) in [5.74, 6) is 2.24. The molecule has 8 nitrogen and oxygen atoms in total. The number of hydrogen-bond donors (Lipinski definition) is 2. The van der Waals surface area contributed by atoms with Crippen molar-refractivity contribution < 1.29 is 28.5 Å². The van der Waals surface area contributed by atoms with Gasteiger partial charge in [-0.25, -0.2) is 0 Å². The lowest BCUT2D eigenvalue weighted by atomic mass is 9.81. The van der Waals surface area contributed by atoms with Crippen LogP contribution in [0.25, 0.3) is 0 Å². The molecule has 2 aromatic rings. The van der Waals surface area contributed by atoms with Gasteiger partial charge in [0.15, 0.2) is 23.0 Å². The Morgan fingerprint density at radius 3 is 1.56 bits per heavy atom. The van der Waals surface area contributed by atoms with E-state index >= 15 is 0 Å². The van der Waals surface area contributed by atoms with Crippen LogP contribution in [0, 0.1) is 11.8 Å². The first-order chi connectivity index (χ1) is 16.5. The Morgan fingerprint density at radius 2 is 1.18 bits per heavy atom. The predicted octanol–water partition coefficient (Wildman–Crippen LogP) is 3.69. The third-order valence-electron chi connectivity index (χ3n) is 6.29. The third kappa shape index (κ3) is 5.92. The number of nitrogens with one attached hydrogen (secondary N) is 2. The molecule has 3 rings (SSSR count). The number of benzene rings is 2. The van der Waals surface area contributed by atoms with Gasteiger partial charge in [-0.3, -0.25) is 9.59 Å². The summed E-state index contributed by atoms with van der Waals surface area (Å²) in [4.78, 5) is 25.6. The molecule has 2 atom stereocenters. The van der Waals surface area contributed by atoms with Crippen LogP contribution in [0.2, 0.25) is 0 Å². The molecule has 0 radical (unpaired) electrons. The van der Waals surface area contributed by atoms with Crippen molar-refractivity contribution in [2.45, 2.75) is 25.7 Å². The van der Waals surface area contributed by atoms with Crippen molar-refractivity contribution in [1.29, 1.82) is 0 Å². The van der Waals surface area contributed by atoms with Crippen LogP contribution in [0.1, 0.15) is 46.4 Å². The molecule has 2 aromatic carbocycles. The van der Waals surface area contributed by atoms with Crippen LogP contribution in [0.5, 0.6) is 23.0 Å². The molecule has 2 N–H and O–H groups in total. The fourth-order valence-corrected chi connectivity index (χ4v) is 4.57. The van der Waals surface area contributed by atoms with E-state index in [1.165, 1.54) is 14.2 Å². The minimum absolute atomic E-state index is 0.184. The molecule has 8 heteroatoms. The summed E-state index contributed by atoms with van der Waals surface area (Å²) in [6.07, 6.45) is 4.09. The fourth-order valence-electron chi connectivity index (χ4n) is 4.57. The van der Waals surface area contributed by atoms with E-state index in [1.807, 2.05) is 0 Å². The monoisotopic (exact) mass is 470 g/mol. The Bertz CT molecular complexity index is 916. The highest BCUT2D eigenvalue weighted by molar-refractivity contribution is 5.98. The number of carbonyl (C=O) groups is 2. The molecule has 1 saturated carbocycles. The van der Waals surface area contributed by atoms with E-state index in [-0.39, 0.29) is 11.8 Å². The van der Waals surface area contributed by atoms with E-state index in [9.17, 15) is 9.59 Å². The third-order valence-corrected chi connectivity index (χ3v) is 6.29. The minimum atomic E-state index is -0.184. The number of amides is 2. The summed E-state index contributed by atoms with van der Waals surface area (Å²) < 4.78 is 21.3. The summed E-state index contributed by atoms with van der Waals surface area (Å²) in [5, 5.41) is 6.08. The molecule has 184 valence electrons. The van der Waals surface area contributed by atoms with Crippen molar-refractivity contribution in [2.24, 2.45) is 11.8 Å². The predicted molar refractivity (Wildman–Crippen MR) is 129 cm³/mol. The van der Waals surface area contributed by atoms with E-state index in [4.69, 9.17) is 18.9 Å². The lowest BCUT2D eigenvalue weighted by Gasteiger charge is -2.29. The standard InChI is InChI=1S/C26H34N2O6/c1-31-21-12-6-10-19(23(21)33-3)25(29)27-15-17-8-5-9-18(14-17)16-28-26(30)20-11-7-13-22(32-2)24(20)34-4/h6-7,10-13,17-18H,5,8-9,14-16H2,1-4H3,(H,27,29)(H,28,30). The van der Waals surface area contributed by atoms with Gasteiger partial charge in [-0.1, -0.05) is 18.6 Å². The van der Waals surface area contributed by atoms with Crippen molar-refractivity contribution in [3.05, 3.63) is 47.5 Å². The minimum Gasteiger partial charge on any atom is -0.493 e. The van der Waals surface area contributed by atoms with Gasteiger partial charge in [-0.2, -0.15) is 0 Å². The van der Waals surface area contributed by atoms with Crippen LogP contribution >= 0.6 is 0 Å². The molecule has 34 heavy (non-hydrogen) atoms. The maximum atomic E-state index is 12.8. The quantitative estimate of drug-likeness (QED) is 0.550. The van der Waals surface area contributed by atoms with Crippen molar-refractivity contribution >= 4 is 11.8 Å². The van der Waals surface area contributed by atoms with E-state index in [0.29, 0.717) is 59.1 Å². The van der Waals surface area contributed by atoms with Gasteiger partial charge in [0.1, 0.15) is 0 Å². The number of hydrogen-bond acceptors (Lipinski definition) is 6. The van der Waals surface area contributed by atoms with Gasteiger partial charge in [0.2, 0.25) is 0 Å². The lowest BCUT2D eigenvalue weighted by Crippen LogP contribution is -2.36. The van der Waals surface area contributed by atoms with Gasteiger partial charge < -0.3 is 29.6 Å². The average molecular weight is 471 g/mol. The molecule has 0 heterocycles. The zero-order chi connectivity index (χ0) is 24.5. The molecule has 0 aromatic heterocycles. The van der Waals surface area contributed by atoms with E-state index in [0.717, 1.165) is 25.7 Å². The van der Waals surface area contributed by atoms with Crippen LogP contribution in [0.4, 0.5) is 0 Å². The summed E-state index contributed by atoms with van der Waals surface area (Å²) in [6, 6.07) is 10.5. The van der Waals surface area contributed by atoms with Crippen molar-refractivity contribution in [1.82, 2.24) is 10.6 Å². The van der Waals surface area contributed by atoms with Gasteiger partial charge in [0.05, 0.1) is 39.6 Å². The second-order valence-electron chi connectivity index (χ2n) is 8.40. The zero-order valence-corrected chi connectivity index (χ0v) is 20.3. The van der Waals surface area contributed by atoms with Gasteiger partial charge >= 0.3 is 0 Å². The maximum Gasteiger partial charge on any atom is 0.255 e. The Balaban J connectivity index is 1.53. The van der Waals surface area contributed by atoms with Gasteiger partial charge in [-0.05, 0) is 55.4 Å². The van der Waals surface area contributed by atoms with Crippen molar-refractivity contribution in [3.63, 3.8) is 0 Å². The largest absolute Gasteiger partial charge is 0.493 e. The number of para-hydroxylation sites is 2.